The Morgan fingerprint density at radius 3 is 2.90 bits per heavy atom. The summed E-state index contributed by atoms with van der Waals surface area (Å²) in [7, 11) is 1.72. The van der Waals surface area contributed by atoms with E-state index in [2.05, 4.69) is 59.1 Å². The van der Waals surface area contributed by atoms with Crippen LogP contribution < -0.4 is 10.1 Å². The SMILES string of the molecule is COc1ccc(Br)c(CN2CC(C)(C)NCCC2C)c1. The fraction of sp³-hybridized carbons (Fsp3) is 0.625. The molecule has 0 saturated carbocycles. The maximum atomic E-state index is 5.34. The highest BCUT2D eigenvalue weighted by Gasteiger charge is 2.28. The van der Waals surface area contributed by atoms with E-state index in [1.165, 1.54) is 12.0 Å². The van der Waals surface area contributed by atoms with Crippen molar-refractivity contribution in [2.24, 2.45) is 0 Å². The summed E-state index contributed by atoms with van der Waals surface area (Å²) in [6.07, 6.45) is 1.19. The highest BCUT2D eigenvalue weighted by molar-refractivity contribution is 9.10. The molecule has 1 N–H and O–H groups in total. The molecule has 1 aromatic carbocycles. The first-order valence-electron chi connectivity index (χ1n) is 7.23. The van der Waals surface area contributed by atoms with Gasteiger partial charge in [0.15, 0.2) is 0 Å². The molecule has 1 aliphatic rings. The molecule has 1 saturated heterocycles. The van der Waals surface area contributed by atoms with E-state index in [9.17, 15) is 0 Å². The molecule has 0 aliphatic carbocycles. The summed E-state index contributed by atoms with van der Waals surface area (Å²) in [4.78, 5) is 2.56. The number of nitrogens with one attached hydrogen (secondary N) is 1. The largest absolute Gasteiger partial charge is 0.497 e. The molecular formula is C16H25BrN2O. The normalized spacial score (nSPS) is 23.4. The van der Waals surface area contributed by atoms with Crippen molar-refractivity contribution in [3.63, 3.8) is 0 Å². The van der Waals surface area contributed by atoms with E-state index in [1.54, 1.807) is 7.11 Å². The molecule has 0 amide bonds. The summed E-state index contributed by atoms with van der Waals surface area (Å²) < 4.78 is 6.49. The van der Waals surface area contributed by atoms with Crippen LogP contribution in [0.25, 0.3) is 0 Å². The molecule has 1 unspecified atom stereocenters. The molecule has 1 atom stereocenters. The van der Waals surface area contributed by atoms with E-state index >= 15 is 0 Å². The predicted octanol–water partition coefficient (Wildman–Crippen LogP) is 3.42. The Bertz CT molecular complexity index is 462. The van der Waals surface area contributed by atoms with Gasteiger partial charge in [-0.25, -0.2) is 0 Å². The van der Waals surface area contributed by atoms with Gasteiger partial charge in [0.1, 0.15) is 5.75 Å². The minimum absolute atomic E-state index is 0.163. The third-order valence-electron chi connectivity index (χ3n) is 4.01. The van der Waals surface area contributed by atoms with Crippen molar-refractivity contribution >= 4 is 15.9 Å². The molecule has 3 nitrogen and oxygen atoms in total. The molecule has 0 radical (unpaired) electrons. The molecule has 2 rings (SSSR count). The lowest BCUT2D eigenvalue weighted by Crippen LogP contribution is -2.47. The van der Waals surface area contributed by atoms with Crippen LogP contribution in [0.15, 0.2) is 22.7 Å². The van der Waals surface area contributed by atoms with Gasteiger partial charge >= 0.3 is 0 Å². The van der Waals surface area contributed by atoms with Gasteiger partial charge in [0.2, 0.25) is 0 Å². The molecule has 112 valence electrons. The Balaban J connectivity index is 2.18. The summed E-state index contributed by atoms with van der Waals surface area (Å²) in [6, 6.07) is 6.77. The van der Waals surface area contributed by atoms with Crippen molar-refractivity contribution in [3.8, 4) is 5.75 Å². The minimum atomic E-state index is 0.163. The van der Waals surface area contributed by atoms with Crippen molar-refractivity contribution < 1.29 is 4.74 Å². The molecule has 0 spiro atoms. The first kappa shape index (κ1) is 15.8. The lowest BCUT2D eigenvalue weighted by Gasteiger charge is -2.33. The number of methoxy groups -OCH3 is 1. The summed E-state index contributed by atoms with van der Waals surface area (Å²) in [6.45, 7) is 9.96. The highest BCUT2D eigenvalue weighted by atomic mass is 79.9. The number of nitrogens with zero attached hydrogens (tertiary/aromatic N) is 1. The second-order valence-electron chi connectivity index (χ2n) is 6.31. The molecule has 1 aliphatic heterocycles. The minimum Gasteiger partial charge on any atom is -0.497 e. The fourth-order valence-electron chi connectivity index (χ4n) is 2.75. The maximum absolute atomic E-state index is 5.34. The van der Waals surface area contributed by atoms with Crippen LogP contribution in [-0.2, 0) is 6.54 Å². The molecular weight excluding hydrogens is 316 g/mol. The molecule has 4 heteroatoms. The van der Waals surface area contributed by atoms with Crippen LogP contribution in [0.2, 0.25) is 0 Å². The lowest BCUT2D eigenvalue weighted by atomic mass is 10.0. The van der Waals surface area contributed by atoms with Gasteiger partial charge in [0.25, 0.3) is 0 Å². The predicted molar refractivity (Wildman–Crippen MR) is 87.3 cm³/mol. The highest BCUT2D eigenvalue weighted by Crippen LogP contribution is 2.26. The van der Waals surface area contributed by atoms with Gasteiger partial charge in [-0.05, 0) is 57.5 Å². The number of hydrogen-bond donors (Lipinski definition) is 1. The number of rotatable bonds is 3. The lowest BCUT2D eigenvalue weighted by molar-refractivity contribution is 0.172. The van der Waals surface area contributed by atoms with Crippen LogP contribution in [0.1, 0.15) is 32.8 Å². The topological polar surface area (TPSA) is 24.5 Å². The standard InChI is InChI=1S/C16H25BrN2O/c1-12-7-8-18-16(2,3)11-19(12)10-13-9-14(20-4)5-6-15(13)17/h5-6,9,12,18H,7-8,10-11H2,1-4H3. The van der Waals surface area contributed by atoms with Crippen LogP contribution in [0, 0.1) is 0 Å². The second-order valence-corrected chi connectivity index (χ2v) is 7.17. The number of hydrogen-bond acceptors (Lipinski definition) is 3. The first-order valence-corrected chi connectivity index (χ1v) is 8.02. The zero-order valence-corrected chi connectivity index (χ0v) is 14.5. The van der Waals surface area contributed by atoms with E-state index < -0.39 is 0 Å². The third-order valence-corrected chi connectivity index (χ3v) is 4.79. The van der Waals surface area contributed by atoms with Gasteiger partial charge in [-0.1, -0.05) is 15.9 Å². The molecule has 1 fully saturated rings. The van der Waals surface area contributed by atoms with Crippen molar-refractivity contribution in [2.45, 2.75) is 45.3 Å². The van der Waals surface area contributed by atoms with E-state index in [-0.39, 0.29) is 5.54 Å². The Labute approximate surface area is 130 Å². The summed E-state index contributed by atoms with van der Waals surface area (Å²) in [5, 5.41) is 3.63. The zero-order chi connectivity index (χ0) is 14.8. The molecule has 0 aromatic heterocycles. The molecule has 1 heterocycles. The maximum Gasteiger partial charge on any atom is 0.119 e. The first-order chi connectivity index (χ1) is 9.41. The Morgan fingerprint density at radius 1 is 1.45 bits per heavy atom. The van der Waals surface area contributed by atoms with E-state index in [0.29, 0.717) is 6.04 Å². The van der Waals surface area contributed by atoms with Gasteiger partial charge in [-0.15, -0.1) is 0 Å². The van der Waals surface area contributed by atoms with Crippen molar-refractivity contribution in [1.82, 2.24) is 10.2 Å². The van der Waals surface area contributed by atoms with Crippen LogP contribution >= 0.6 is 15.9 Å². The second kappa shape index (κ2) is 6.46. The Morgan fingerprint density at radius 2 is 2.20 bits per heavy atom. The smallest absolute Gasteiger partial charge is 0.119 e. The van der Waals surface area contributed by atoms with Gasteiger partial charge < -0.3 is 10.1 Å². The number of benzene rings is 1. The zero-order valence-electron chi connectivity index (χ0n) is 12.9. The van der Waals surface area contributed by atoms with E-state index in [0.717, 1.165) is 29.9 Å². The van der Waals surface area contributed by atoms with Crippen LogP contribution in [0.5, 0.6) is 5.75 Å². The van der Waals surface area contributed by atoms with Crippen LogP contribution in [0.4, 0.5) is 0 Å². The number of halogens is 1. The van der Waals surface area contributed by atoms with Crippen molar-refractivity contribution in [1.29, 1.82) is 0 Å². The molecule has 20 heavy (non-hydrogen) atoms. The Hall–Kier alpha value is -0.580. The van der Waals surface area contributed by atoms with Gasteiger partial charge in [-0.2, -0.15) is 0 Å². The van der Waals surface area contributed by atoms with Gasteiger partial charge in [0, 0.05) is 29.1 Å². The Kier molecular flexibility index (Phi) is 5.10. The van der Waals surface area contributed by atoms with Gasteiger partial charge in [-0.3, -0.25) is 4.90 Å². The van der Waals surface area contributed by atoms with Crippen molar-refractivity contribution in [3.05, 3.63) is 28.2 Å². The summed E-state index contributed by atoms with van der Waals surface area (Å²) in [5.74, 6) is 0.920. The molecule has 1 aromatic rings. The van der Waals surface area contributed by atoms with Crippen LogP contribution in [0.3, 0.4) is 0 Å². The average Bonchev–Trinajstić information content (AvgIpc) is 2.51. The monoisotopic (exact) mass is 340 g/mol. The van der Waals surface area contributed by atoms with Crippen molar-refractivity contribution in [2.75, 3.05) is 20.2 Å². The third kappa shape index (κ3) is 3.96. The summed E-state index contributed by atoms with van der Waals surface area (Å²) in [5.41, 5.74) is 1.45. The summed E-state index contributed by atoms with van der Waals surface area (Å²) >= 11 is 3.66. The van der Waals surface area contributed by atoms with Crippen LogP contribution in [-0.4, -0.2) is 36.7 Å². The van der Waals surface area contributed by atoms with E-state index in [4.69, 9.17) is 4.74 Å². The van der Waals surface area contributed by atoms with Gasteiger partial charge in [0.05, 0.1) is 7.11 Å². The number of ether oxygens (including phenoxy) is 1. The molecule has 0 bridgehead atoms. The quantitative estimate of drug-likeness (QED) is 0.912. The fourth-order valence-corrected chi connectivity index (χ4v) is 3.12. The average molecular weight is 341 g/mol. The van der Waals surface area contributed by atoms with E-state index in [1.807, 2.05) is 6.07 Å².